The van der Waals surface area contributed by atoms with E-state index < -0.39 is 64.1 Å². The first-order valence-electron chi connectivity index (χ1n) is 14.1. The van der Waals surface area contributed by atoms with Crippen LogP contribution < -0.4 is 22.0 Å². The molecule has 0 aromatic carbocycles. The average Bonchev–Trinajstić information content (AvgIpc) is 2.94. The van der Waals surface area contributed by atoms with Gasteiger partial charge in [-0.2, -0.15) is 0 Å². The first-order chi connectivity index (χ1) is 20.3. The molecule has 0 fully saturated rings. The number of halogens is 1. The van der Waals surface area contributed by atoms with Gasteiger partial charge in [0.2, 0.25) is 0 Å². The number of ketones is 1. The van der Waals surface area contributed by atoms with E-state index in [0.29, 0.717) is 32.1 Å². The van der Waals surface area contributed by atoms with Crippen LogP contribution in [0.25, 0.3) is 0 Å². The molecule has 14 heteroatoms. The summed E-state index contributed by atoms with van der Waals surface area (Å²) in [5.41, 5.74) is 0. The smallest absolute Gasteiger partial charge is 0.460 e. The van der Waals surface area contributed by atoms with E-state index in [4.69, 9.17) is 25.8 Å². The van der Waals surface area contributed by atoms with Crippen LogP contribution in [-0.4, -0.2) is 77.9 Å². The number of carbonyl (C=O) groups excluding carboxylic acids is 6. The number of carbonyl (C=O) groups is 6. The first-order valence-corrected chi connectivity index (χ1v) is 15.8. The molecule has 2 N–H and O–H groups in total. The molecule has 246 valence electrons. The molecule has 0 saturated carbocycles. The Bertz CT molecular complexity index is 869. The third-order valence-corrected chi connectivity index (χ3v) is 7.01. The predicted octanol–water partition coefficient (Wildman–Crippen LogP) is -0.542. The van der Waals surface area contributed by atoms with Crippen molar-refractivity contribution in [2.75, 3.05) is 19.8 Å². The molecular formula is C29H44IO13-. The summed E-state index contributed by atoms with van der Waals surface area (Å²) in [6.45, 7) is 6.85. The molecule has 0 spiro atoms. The third kappa shape index (κ3) is 26.5. The molecule has 0 aromatic rings. The fourth-order valence-electron chi connectivity index (χ4n) is 2.98. The fourth-order valence-corrected chi connectivity index (χ4v) is 3.91. The van der Waals surface area contributed by atoms with Crippen molar-refractivity contribution in [3.63, 3.8) is 0 Å². The van der Waals surface area contributed by atoms with Crippen LogP contribution in [0.3, 0.4) is 0 Å². The van der Waals surface area contributed by atoms with E-state index in [-0.39, 0.29) is 56.7 Å². The van der Waals surface area contributed by atoms with Gasteiger partial charge in [-0.25, -0.2) is 4.79 Å². The molecule has 0 radical (unpaired) electrons. The second-order valence-electron chi connectivity index (χ2n) is 10.2. The van der Waals surface area contributed by atoms with Crippen molar-refractivity contribution in [3.05, 3.63) is 24.3 Å². The van der Waals surface area contributed by atoms with Crippen molar-refractivity contribution in [1.82, 2.24) is 0 Å². The molecule has 13 nitrogen and oxygen atoms in total. The van der Waals surface area contributed by atoms with Gasteiger partial charge in [0.05, 0.1) is 12.2 Å². The molecular weight excluding hydrogens is 683 g/mol. The Labute approximate surface area is 263 Å². The molecule has 4 unspecified atom stereocenters. The van der Waals surface area contributed by atoms with Gasteiger partial charge in [-0.05, 0) is 20.3 Å². The molecule has 0 aliphatic rings. The van der Waals surface area contributed by atoms with Crippen molar-refractivity contribution in [2.45, 2.75) is 91.3 Å². The zero-order chi connectivity index (χ0) is 32.6. The fraction of sp³-hybridized carbons (Fsp3) is 0.655. The number of esters is 3. The number of ether oxygens (including phenoxy) is 3. The van der Waals surface area contributed by atoms with Gasteiger partial charge >= 0.3 is 194 Å². The molecule has 43 heavy (non-hydrogen) atoms. The van der Waals surface area contributed by atoms with E-state index in [1.165, 1.54) is 6.92 Å². The van der Waals surface area contributed by atoms with Gasteiger partial charge in [-0.3, -0.25) is 4.79 Å². The maximum atomic E-state index is 11.9. The molecule has 0 aromatic heterocycles. The summed E-state index contributed by atoms with van der Waals surface area (Å²) in [5.74, 6) is -3.26. The minimum atomic E-state index is -1.54. The Balaban J connectivity index is 3.92. The second-order valence-corrected chi connectivity index (χ2v) is 11.4. The Morgan fingerprint density at radius 1 is 0.581 bits per heavy atom. The minimum Gasteiger partial charge on any atom is -0.460 e. The standard InChI is InChI=1S/C29H44IO13/c1-20(15-17-39-25(34)12-9-24(33)8-7-22(3)31)5-10-28(37)42-30-43-29(38)11-6-21(2)16-18-40-26(35)13-14-27(36)41-19-23(4)32/h9,12-14,20-23,31-32H,5-8,10-11,15-19H2,1-4H3/q-1/b12-9+,14-13+. The summed E-state index contributed by atoms with van der Waals surface area (Å²) in [7, 11) is 0. The summed E-state index contributed by atoms with van der Waals surface area (Å²) in [5, 5.41) is 18.2. The van der Waals surface area contributed by atoms with E-state index in [2.05, 4.69) is 4.74 Å². The van der Waals surface area contributed by atoms with E-state index in [0.717, 1.165) is 24.3 Å². The Kier molecular flexibility index (Phi) is 22.9. The summed E-state index contributed by atoms with van der Waals surface area (Å²) in [4.78, 5) is 70.0. The number of hydrogen-bond acceptors (Lipinski definition) is 13. The van der Waals surface area contributed by atoms with Gasteiger partial charge in [0.1, 0.15) is 6.61 Å². The number of aliphatic hydroxyl groups excluding tert-OH is 2. The Hall–Kier alpha value is -2.85. The van der Waals surface area contributed by atoms with Crippen molar-refractivity contribution >= 4 is 35.6 Å². The maximum absolute atomic E-state index is 11.9. The molecule has 0 aliphatic carbocycles. The quantitative estimate of drug-likeness (QED) is 0.0592. The second kappa shape index (κ2) is 24.6. The van der Waals surface area contributed by atoms with Crippen LogP contribution in [0, 0.1) is 11.8 Å². The molecule has 0 amide bonds. The predicted molar refractivity (Wildman–Crippen MR) is 147 cm³/mol. The van der Waals surface area contributed by atoms with Gasteiger partial charge in [-0.15, -0.1) is 0 Å². The van der Waals surface area contributed by atoms with E-state index in [9.17, 15) is 28.8 Å². The number of hydrogen-bond donors (Lipinski definition) is 2. The van der Waals surface area contributed by atoms with Crippen LogP contribution in [0.5, 0.6) is 0 Å². The number of allylic oxidation sites excluding steroid dienone is 1. The third-order valence-electron chi connectivity index (χ3n) is 5.66. The van der Waals surface area contributed by atoms with Crippen molar-refractivity contribution in [1.29, 1.82) is 0 Å². The monoisotopic (exact) mass is 727 g/mol. The van der Waals surface area contributed by atoms with Gasteiger partial charge < -0.3 is 14.9 Å². The van der Waals surface area contributed by atoms with Gasteiger partial charge in [0, 0.05) is 6.42 Å². The van der Waals surface area contributed by atoms with Crippen LogP contribution in [0.15, 0.2) is 24.3 Å². The zero-order valence-corrected chi connectivity index (χ0v) is 27.3. The van der Waals surface area contributed by atoms with Crippen LogP contribution in [0.1, 0.15) is 79.1 Å². The minimum absolute atomic E-state index is 0.0427. The van der Waals surface area contributed by atoms with Crippen LogP contribution >= 0.6 is 0 Å². The van der Waals surface area contributed by atoms with Gasteiger partial charge in [-0.1, -0.05) is 0 Å². The number of aliphatic hydroxyl groups is 2. The summed E-state index contributed by atoms with van der Waals surface area (Å²) >= 11 is -1.54. The first kappa shape index (κ1) is 40.1. The molecule has 0 heterocycles. The average molecular weight is 728 g/mol. The van der Waals surface area contributed by atoms with E-state index in [1.807, 2.05) is 13.8 Å². The van der Waals surface area contributed by atoms with E-state index in [1.54, 1.807) is 6.92 Å². The summed E-state index contributed by atoms with van der Waals surface area (Å²) in [6.07, 6.45) is 5.32. The molecule has 0 bridgehead atoms. The van der Waals surface area contributed by atoms with Crippen LogP contribution in [-0.2, 0) is 49.1 Å². The SMILES string of the molecule is CC(O)CCC(=O)/C=C/C(=O)OCCC(C)CCC(=O)O[I-]OC(=O)CCC(C)CCOC(=O)/C=C/C(=O)OCC(C)O. The van der Waals surface area contributed by atoms with Crippen LogP contribution in [0.2, 0.25) is 0 Å². The Morgan fingerprint density at radius 3 is 1.47 bits per heavy atom. The van der Waals surface area contributed by atoms with Crippen molar-refractivity contribution < 1.29 is 81.4 Å². The molecule has 4 atom stereocenters. The Morgan fingerprint density at radius 2 is 1.02 bits per heavy atom. The molecule has 0 aliphatic heterocycles. The normalized spacial score (nSPS) is 14.1. The summed E-state index contributed by atoms with van der Waals surface area (Å²) < 4.78 is 24.8. The molecule has 0 saturated heterocycles. The summed E-state index contributed by atoms with van der Waals surface area (Å²) in [6, 6.07) is 0. The van der Waals surface area contributed by atoms with Crippen molar-refractivity contribution in [2.24, 2.45) is 11.8 Å². The topological polar surface area (TPSA) is 189 Å². The van der Waals surface area contributed by atoms with Gasteiger partial charge in [0.15, 0.2) is 0 Å². The number of rotatable bonds is 23. The van der Waals surface area contributed by atoms with E-state index >= 15 is 0 Å². The zero-order valence-electron chi connectivity index (χ0n) is 25.2. The van der Waals surface area contributed by atoms with Crippen molar-refractivity contribution in [3.8, 4) is 0 Å². The molecule has 0 rings (SSSR count). The van der Waals surface area contributed by atoms with Crippen LogP contribution in [0.4, 0.5) is 0 Å². The van der Waals surface area contributed by atoms with Gasteiger partial charge in [0.25, 0.3) is 0 Å².